The van der Waals surface area contributed by atoms with E-state index in [2.05, 4.69) is 69.3 Å². The second-order valence-electron chi connectivity index (χ2n) is 9.36. The van der Waals surface area contributed by atoms with Crippen LogP contribution in [0.25, 0.3) is 11.1 Å². The van der Waals surface area contributed by atoms with Crippen molar-refractivity contribution in [1.82, 2.24) is 0 Å². The van der Waals surface area contributed by atoms with Gasteiger partial charge >= 0.3 is 0 Å². The lowest BCUT2D eigenvalue weighted by molar-refractivity contribution is -0.206. The second-order valence-corrected chi connectivity index (χ2v) is 9.36. The molecule has 1 saturated heterocycles. The summed E-state index contributed by atoms with van der Waals surface area (Å²) in [5.41, 5.74) is 3.49. The summed E-state index contributed by atoms with van der Waals surface area (Å²) in [5, 5.41) is 0. The lowest BCUT2D eigenvalue weighted by Gasteiger charge is -2.29. The standard InChI is InChI=1S/C29H42O3/c1-4-6-7-8-11-24-21-31-29(32-22-24)27-14-12-25(13-15-27)26-16-18-28(19-17-26)30-20-9-10-23(3)5-2/h12-19,23-24,29H,4-11,20-22H2,1-3H3. The van der Waals surface area contributed by atoms with E-state index in [1.807, 2.05) is 0 Å². The molecular formula is C29H42O3. The monoisotopic (exact) mass is 438 g/mol. The summed E-state index contributed by atoms with van der Waals surface area (Å²) in [4.78, 5) is 0. The highest BCUT2D eigenvalue weighted by Crippen LogP contribution is 2.30. The summed E-state index contributed by atoms with van der Waals surface area (Å²) in [6, 6.07) is 17.0. The van der Waals surface area contributed by atoms with Gasteiger partial charge in [-0.05, 0) is 48.4 Å². The molecule has 176 valence electrons. The van der Waals surface area contributed by atoms with Crippen molar-refractivity contribution in [3.63, 3.8) is 0 Å². The average molecular weight is 439 g/mol. The quantitative estimate of drug-likeness (QED) is 0.295. The summed E-state index contributed by atoms with van der Waals surface area (Å²) in [6.07, 6.45) is 9.79. The van der Waals surface area contributed by atoms with Gasteiger partial charge in [0.2, 0.25) is 0 Å². The molecule has 0 bridgehead atoms. The molecule has 0 radical (unpaired) electrons. The Morgan fingerprint density at radius 1 is 0.844 bits per heavy atom. The van der Waals surface area contributed by atoms with Crippen LogP contribution < -0.4 is 4.74 Å². The van der Waals surface area contributed by atoms with Crippen LogP contribution >= 0.6 is 0 Å². The van der Waals surface area contributed by atoms with Crippen LogP contribution in [0.15, 0.2) is 48.5 Å². The highest BCUT2D eigenvalue weighted by atomic mass is 16.7. The Labute approximate surface area is 195 Å². The molecule has 1 atom stereocenters. The van der Waals surface area contributed by atoms with Gasteiger partial charge in [0.25, 0.3) is 0 Å². The van der Waals surface area contributed by atoms with E-state index in [0.29, 0.717) is 5.92 Å². The minimum Gasteiger partial charge on any atom is -0.494 e. The third-order valence-electron chi connectivity index (χ3n) is 6.61. The fourth-order valence-corrected chi connectivity index (χ4v) is 4.16. The Hall–Kier alpha value is -1.84. The van der Waals surface area contributed by atoms with E-state index in [1.165, 1.54) is 56.1 Å². The van der Waals surface area contributed by atoms with Crippen LogP contribution in [0, 0.1) is 11.8 Å². The van der Waals surface area contributed by atoms with Crippen molar-refractivity contribution in [3.8, 4) is 16.9 Å². The second kappa shape index (κ2) is 13.6. The van der Waals surface area contributed by atoms with Gasteiger partial charge in [-0.15, -0.1) is 0 Å². The van der Waals surface area contributed by atoms with Crippen LogP contribution in [0.2, 0.25) is 0 Å². The zero-order valence-electron chi connectivity index (χ0n) is 20.4. The van der Waals surface area contributed by atoms with Crippen LogP contribution in [0.3, 0.4) is 0 Å². The molecule has 3 heteroatoms. The first kappa shape index (κ1) is 24.8. The summed E-state index contributed by atoms with van der Waals surface area (Å²) < 4.78 is 18.0. The normalized spacial score (nSPS) is 19.6. The molecule has 1 heterocycles. The largest absolute Gasteiger partial charge is 0.494 e. The number of benzene rings is 2. The average Bonchev–Trinajstić information content (AvgIpc) is 2.85. The van der Waals surface area contributed by atoms with Crippen molar-refractivity contribution < 1.29 is 14.2 Å². The number of hydrogen-bond donors (Lipinski definition) is 0. The predicted octanol–water partition coefficient (Wildman–Crippen LogP) is 8.19. The molecule has 0 aliphatic carbocycles. The Bertz CT molecular complexity index is 745. The van der Waals surface area contributed by atoms with E-state index in [4.69, 9.17) is 14.2 Å². The number of ether oxygens (including phenoxy) is 3. The lowest BCUT2D eigenvalue weighted by Crippen LogP contribution is -2.27. The Morgan fingerprint density at radius 2 is 1.50 bits per heavy atom. The Kier molecular flexibility index (Phi) is 10.6. The van der Waals surface area contributed by atoms with E-state index < -0.39 is 0 Å². The maximum absolute atomic E-state index is 6.02. The van der Waals surface area contributed by atoms with Gasteiger partial charge in [-0.25, -0.2) is 0 Å². The van der Waals surface area contributed by atoms with E-state index in [-0.39, 0.29) is 6.29 Å². The molecule has 0 amide bonds. The molecule has 2 aromatic rings. The van der Waals surface area contributed by atoms with Crippen LogP contribution in [-0.4, -0.2) is 19.8 Å². The van der Waals surface area contributed by atoms with Crippen molar-refractivity contribution in [2.45, 2.75) is 78.4 Å². The van der Waals surface area contributed by atoms with Crippen molar-refractivity contribution in [3.05, 3.63) is 54.1 Å². The van der Waals surface area contributed by atoms with Gasteiger partial charge < -0.3 is 14.2 Å². The van der Waals surface area contributed by atoms with Gasteiger partial charge in [0, 0.05) is 11.5 Å². The fraction of sp³-hybridized carbons (Fsp3) is 0.586. The van der Waals surface area contributed by atoms with Crippen molar-refractivity contribution >= 4 is 0 Å². The summed E-state index contributed by atoms with van der Waals surface area (Å²) in [6.45, 7) is 9.20. The third-order valence-corrected chi connectivity index (χ3v) is 6.61. The number of unbranched alkanes of at least 4 members (excludes halogenated alkanes) is 3. The van der Waals surface area contributed by atoms with Crippen molar-refractivity contribution in [2.24, 2.45) is 11.8 Å². The van der Waals surface area contributed by atoms with Gasteiger partial charge in [-0.1, -0.05) is 89.3 Å². The molecule has 0 aromatic heterocycles. The third kappa shape index (κ3) is 7.94. The molecule has 1 aliphatic rings. The smallest absolute Gasteiger partial charge is 0.183 e. The minimum atomic E-state index is -0.234. The van der Waals surface area contributed by atoms with Gasteiger partial charge in [-0.3, -0.25) is 0 Å². The van der Waals surface area contributed by atoms with E-state index in [0.717, 1.165) is 43.5 Å². The van der Waals surface area contributed by atoms with E-state index in [9.17, 15) is 0 Å². The van der Waals surface area contributed by atoms with Gasteiger partial charge in [0.1, 0.15) is 5.75 Å². The molecule has 2 aromatic carbocycles. The predicted molar refractivity (Wildman–Crippen MR) is 133 cm³/mol. The molecule has 0 N–H and O–H groups in total. The summed E-state index contributed by atoms with van der Waals surface area (Å²) >= 11 is 0. The molecular weight excluding hydrogens is 396 g/mol. The highest BCUT2D eigenvalue weighted by molar-refractivity contribution is 5.64. The van der Waals surface area contributed by atoms with E-state index in [1.54, 1.807) is 0 Å². The minimum absolute atomic E-state index is 0.234. The van der Waals surface area contributed by atoms with Crippen molar-refractivity contribution in [1.29, 1.82) is 0 Å². The number of rotatable bonds is 13. The number of hydrogen-bond acceptors (Lipinski definition) is 3. The first-order chi connectivity index (χ1) is 15.7. The van der Waals surface area contributed by atoms with Crippen LogP contribution in [-0.2, 0) is 9.47 Å². The van der Waals surface area contributed by atoms with Crippen LogP contribution in [0.4, 0.5) is 0 Å². The zero-order chi connectivity index (χ0) is 22.6. The SMILES string of the molecule is CCCCCCC1COC(c2ccc(-c3ccc(OCCCC(C)CC)cc3)cc2)OC1. The maximum atomic E-state index is 6.02. The molecule has 1 aliphatic heterocycles. The molecule has 1 unspecified atom stereocenters. The first-order valence-corrected chi connectivity index (χ1v) is 12.8. The maximum Gasteiger partial charge on any atom is 0.183 e. The molecule has 3 nitrogen and oxygen atoms in total. The van der Waals surface area contributed by atoms with Crippen LogP contribution in [0.5, 0.6) is 5.75 Å². The molecule has 32 heavy (non-hydrogen) atoms. The van der Waals surface area contributed by atoms with Crippen LogP contribution in [0.1, 0.15) is 84.0 Å². The summed E-state index contributed by atoms with van der Waals surface area (Å²) in [5.74, 6) is 2.27. The zero-order valence-corrected chi connectivity index (χ0v) is 20.4. The Balaban J connectivity index is 1.43. The topological polar surface area (TPSA) is 27.7 Å². The molecule has 0 saturated carbocycles. The lowest BCUT2D eigenvalue weighted by atomic mass is 10.0. The van der Waals surface area contributed by atoms with E-state index >= 15 is 0 Å². The molecule has 1 fully saturated rings. The highest BCUT2D eigenvalue weighted by Gasteiger charge is 2.23. The fourth-order valence-electron chi connectivity index (χ4n) is 4.16. The van der Waals surface area contributed by atoms with Gasteiger partial charge in [0.05, 0.1) is 19.8 Å². The Morgan fingerprint density at radius 3 is 2.12 bits per heavy atom. The van der Waals surface area contributed by atoms with Gasteiger partial charge in [-0.2, -0.15) is 0 Å². The molecule has 3 rings (SSSR count). The van der Waals surface area contributed by atoms with Crippen molar-refractivity contribution in [2.75, 3.05) is 19.8 Å². The first-order valence-electron chi connectivity index (χ1n) is 12.8. The van der Waals surface area contributed by atoms with Gasteiger partial charge in [0.15, 0.2) is 6.29 Å². The molecule has 0 spiro atoms. The summed E-state index contributed by atoms with van der Waals surface area (Å²) in [7, 11) is 0.